The zero-order valence-corrected chi connectivity index (χ0v) is 18.0. The number of ether oxygens (including phenoxy) is 3. The highest BCUT2D eigenvalue weighted by Crippen LogP contribution is 2.32. The Labute approximate surface area is 180 Å². The minimum absolute atomic E-state index is 0.128. The van der Waals surface area contributed by atoms with Crippen LogP contribution in [0.4, 0.5) is 0 Å². The van der Waals surface area contributed by atoms with Crippen molar-refractivity contribution < 1.29 is 19.0 Å². The van der Waals surface area contributed by atoms with Crippen LogP contribution < -0.4 is 9.47 Å². The third kappa shape index (κ3) is 4.23. The fourth-order valence-electron chi connectivity index (χ4n) is 3.44. The van der Waals surface area contributed by atoms with Gasteiger partial charge < -0.3 is 18.8 Å². The number of methoxy groups -OCH3 is 2. The number of aryl methyl sites for hydroxylation is 2. The van der Waals surface area contributed by atoms with E-state index in [1.54, 1.807) is 25.2 Å². The van der Waals surface area contributed by atoms with Crippen molar-refractivity contribution in [2.45, 2.75) is 13.0 Å². The summed E-state index contributed by atoms with van der Waals surface area (Å²) in [5, 5.41) is 4.52. The van der Waals surface area contributed by atoms with Gasteiger partial charge in [0.25, 0.3) is 0 Å². The van der Waals surface area contributed by atoms with Crippen molar-refractivity contribution in [3.05, 3.63) is 60.0 Å². The summed E-state index contributed by atoms with van der Waals surface area (Å²) in [6, 6.07) is 13.3. The van der Waals surface area contributed by atoms with Crippen molar-refractivity contribution in [3.63, 3.8) is 0 Å². The Morgan fingerprint density at radius 1 is 1.00 bits per heavy atom. The van der Waals surface area contributed by atoms with Gasteiger partial charge in [-0.25, -0.2) is 4.98 Å². The molecule has 0 atom stereocenters. The van der Waals surface area contributed by atoms with E-state index in [-0.39, 0.29) is 19.0 Å². The number of carbonyl (C=O) groups is 1. The van der Waals surface area contributed by atoms with E-state index in [1.165, 1.54) is 0 Å². The summed E-state index contributed by atoms with van der Waals surface area (Å²) in [7, 11) is 6.94. The first-order chi connectivity index (χ1) is 15.0. The van der Waals surface area contributed by atoms with Gasteiger partial charge in [-0.1, -0.05) is 6.07 Å². The van der Waals surface area contributed by atoms with E-state index in [0.717, 1.165) is 33.5 Å². The van der Waals surface area contributed by atoms with Crippen LogP contribution in [0.1, 0.15) is 11.3 Å². The highest BCUT2D eigenvalue weighted by molar-refractivity contribution is 5.76. The molecule has 0 bridgehead atoms. The van der Waals surface area contributed by atoms with E-state index in [0.29, 0.717) is 11.5 Å². The summed E-state index contributed by atoms with van der Waals surface area (Å²) in [5.74, 6) is 0.953. The molecule has 0 fully saturated rings. The topological polar surface area (TPSA) is 80.4 Å². The highest BCUT2D eigenvalue weighted by Gasteiger charge is 2.14. The molecule has 2 aromatic heterocycles. The molecule has 0 saturated heterocycles. The zero-order valence-electron chi connectivity index (χ0n) is 18.0. The Hall–Kier alpha value is -3.81. The van der Waals surface area contributed by atoms with Gasteiger partial charge in [-0.05, 0) is 42.0 Å². The summed E-state index contributed by atoms with van der Waals surface area (Å²) in [6.45, 7) is 0.200. The van der Waals surface area contributed by atoms with Crippen molar-refractivity contribution in [3.8, 4) is 22.8 Å². The second-order valence-corrected chi connectivity index (χ2v) is 7.23. The van der Waals surface area contributed by atoms with Crippen LogP contribution in [-0.2, 0) is 36.7 Å². The second kappa shape index (κ2) is 8.51. The van der Waals surface area contributed by atoms with Crippen LogP contribution in [0.5, 0.6) is 11.5 Å². The third-order valence-corrected chi connectivity index (χ3v) is 5.17. The lowest BCUT2D eigenvalue weighted by molar-refractivity contribution is -0.144. The van der Waals surface area contributed by atoms with Crippen LogP contribution in [-0.4, -0.2) is 39.5 Å². The summed E-state index contributed by atoms with van der Waals surface area (Å²) in [6.07, 6.45) is 1.89. The molecule has 8 heteroatoms. The van der Waals surface area contributed by atoms with Crippen LogP contribution in [0.3, 0.4) is 0 Å². The third-order valence-electron chi connectivity index (χ3n) is 5.17. The zero-order chi connectivity index (χ0) is 22.0. The van der Waals surface area contributed by atoms with E-state index in [2.05, 4.69) is 10.1 Å². The van der Waals surface area contributed by atoms with E-state index in [1.807, 2.05) is 61.1 Å². The van der Waals surface area contributed by atoms with Gasteiger partial charge in [0.15, 0.2) is 11.5 Å². The number of rotatable bonds is 7. The second-order valence-electron chi connectivity index (χ2n) is 7.23. The Balaban J connectivity index is 1.43. The average Bonchev–Trinajstić information content (AvgIpc) is 3.34. The smallest absolute Gasteiger partial charge is 0.312 e. The first-order valence-electron chi connectivity index (χ1n) is 9.79. The SMILES string of the molecule is COc1ccc(-c2cc(CC(=O)OCc3ccc4c(c3)ncn4C)n(C)n2)cc1OC. The number of benzene rings is 2. The van der Waals surface area contributed by atoms with Gasteiger partial charge in [0.1, 0.15) is 6.61 Å². The molecule has 31 heavy (non-hydrogen) atoms. The molecule has 4 rings (SSSR count). The molecule has 0 radical (unpaired) electrons. The minimum Gasteiger partial charge on any atom is -0.493 e. The first kappa shape index (κ1) is 20.5. The lowest BCUT2D eigenvalue weighted by Gasteiger charge is -2.08. The van der Waals surface area contributed by atoms with E-state index >= 15 is 0 Å². The Morgan fingerprint density at radius 2 is 1.81 bits per heavy atom. The number of fused-ring (bicyclic) bond motifs is 1. The van der Waals surface area contributed by atoms with E-state index < -0.39 is 0 Å². The fourth-order valence-corrected chi connectivity index (χ4v) is 3.44. The van der Waals surface area contributed by atoms with Gasteiger partial charge >= 0.3 is 5.97 Å². The van der Waals surface area contributed by atoms with E-state index in [9.17, 15) is 4.79 Å². The Kier molecular flexibility index (Phi) is 5.62. The predicted molar refractivity (Wildman–Crippen MR) is 116 cm³/mol. The molecule has 0 amide bonds. The molecule has 0 unspecified atom stereocenters. The molecule has 160 valence electrons. The molecule has 2 aromatic carbocycles. The number of imidazole rings is 1. The average molecular weight is 420 g/mol. The van der Waals surface area contributed by atoms with Crippen LogP contribution >= 0.6 is 0 Å². The van der Waals surface area contributed by atoms with Crippen molar-refractivity contribution in [1.82, 2.24) is 19.3 Å². The van der Waals surface area contributed by atoms with Crippen molar-refractivity contribution >= 4 is 17.0 Å². The molecule has 0 saturated carbocycles. The van der Waals surface area contributed by atoms with Gasteiger partial charge in [-0.3, -0.25) is 9.48 Å². The number of hydrogen-bond donors (Lipinski definition) is 0. The van der Waals surface area contributed by atoms with Crippen LogP contribution in [0.2, 0.25) is 0 Å². The summed E-state index contributed by atoms with van der Waals surface area (Å²) in [4.78, 5) is 16.7. The maximum atomic E-state index is 12.4. The molecular formula is C23H24N4O4. The quantitative estimate of drug-likeness (QED) is 0.427. The van der Waals surface area contributed by atoms with Gasteiger partial charge in [-0.15, -0.1) is 0 Å². The van der Waals surface area contributed by atoms with Gasteiger partial charge in [-0.2, -0.15) is 5.10 Å². The monoisotopic (exact) mass is 420 g/mol. The van der Waals surface area contributed by atoms with Gasteiger partial charge in [0.2, 0.25) is 0 Å². The maximum absolute atomic E-state index is 12.4. The summed E-state index contributed by atoms with van der Waals surface area (Å²) in [5.41, 5.74) is 5.18. The Bertz CT molecular complexity index is 1240. The molecule has 4 aromatic rings. The first-order valence-corrected chi connectivity index (χ1v) is 9.79. The van der Waals surface area contributed by atoms with Crippen LogP contribution in [0.15, 0.2) is 48.8 Å². The number of carbonyl (C=O) groups excluding carboxylic acids is 1. The lowest BCUT2D eigenvalue weighted by atomic mass is 10.1. The van der Waals surface area contributed by atoms with Gasteiger partial charge in [0.05, 0.1) is 43.7 Å². The number of esters is 1. The fraction of sp³-hybridized carbons (Fsp3) is 0.261. The molecule has 0 N–H and O–H groups in total. The number of hydrogen-bond acceptors (Lipinski definition) is 6. The normalized spacial score (nSPS) is 11.0. The summed E-state index contributed by atoms with van der Waals surface area (Å²) >= 11 is 0. The minimum atomic E-state index is -0.317. The molecule has 0 aliphatic carbocycles. The number of aromatic nitrogens is 4. The van der Waals surface area contributed by atoms with Crippen molar-refractivity contribution in [2.24, 2.45) is 14.1 Å². The van der Waals surface area contributed by atoms with Crippen LogP contribution in [0, 0.1) is 0 Å². The molecule has 8 nitrogen and oxygen atoms in total. The lowest BCUT2D eigenvalue weighted by Crippen LogP contribution is -2.11. The molecule has 2 heterocycles. The molecule has 0 aliphatic heterocycles. The van der Waals surface area contributed by atoms with Gasteiger partial charge in [0, 0.05) is 25.4 Å². The molecular weight excluding hydrogens is 396 g/mol. The maximum Gasteiger partial charge on any atom is 0.312 e. The largest absolute Gasteiger partial charge is 0.493 e. The Morgan fingerprint density at radius 3 is 2.58 bits per heavy atom. The van der Waals surface area contributed by atoms with Crippen LogP contribution in [0.25, 0.3) is 22.3 Å². The van der Waals surface area contributed by atoms with Crippen molar-refractivity contribution in [1.29, 1.82) is 0 Å². The number of nitrogens with zero attached hydrogens (tertiary/aromatic N) is 4. The molecule has 0 aliphatic rings. The van der Waals surface area contributed by atoms with E-state index in [4.69, 9.17) is 14.2 Å². The standard InChI is InChI=1S/C23H24N4O4/c1-26-14-24-19-9-15(5-7-20(19)26)13-31-23(28)12-17-11-18(25-27(17)2)16-6-8-21(29-3)22(10-16)30-4/h5-11,14H,12-13H2,1-4H3. The van der Waals surface area contributed by atoms with Crippen molar-refractivity contribution in [2.75, 3.05) is 14.2 Å². The summed E-state index contributed by atoms with van der Waals surface area (Å²) < 4.78 is 19.8. The predicted octanol–water partition coefficient (Wildman–Crippen LogP) is 3.28. The highest BCUT2D eigenvalue weighted by atomic mass is 16.5. The molecule has 0 spiro atoms.